The van der Waals surface area contributed by atoms with E-state index < -0.39 is 10.0 Å². The largest absolute Gasteiger partial charge is 0.369 e. The van der Waals surface area contributed by atoms with Crippen molar-refractivity contribution in [3.63, 3.8) is 0 Å². The standard InChI is InChI=1S/C22H31N5O2S.HI/c1-17-4-8-20(9-5-17)27-15-12-19(16-27)26-22(23-3)24-13-14-25-30(28,29)21-10-6-18(2)7-11-21;/h4-11,19,25H,12-16H2,1-3H3,(H2,23,24,26);1H. The highest BCUT2D eigenvalue weighted by atomic mass is 127. The molecule has 3 N–H and O–H groups in total. The van der Waals surface area contributed by atoms with Gasteiger partial charge in [0, 0.05) is 45.0 Å². The summed E-state index contributed by atoms with van der Waals surface area (Å²) < 4.78 is 27.3. The quantitative estimate of drug-likeness (QED) is 0.211. The molecule has 1 aliphatic heterocycles. The second-order valence-electron chi connectivity index (χ2n) is 7.62. The molecule has 1 unspecified atom stereocenters. The maximum atomic E-state index is 12.3. The number of benzene rings is 2. The molecule has 2 aromatic carbocycles. The molecule has 9 heteroatoms. The molecule has 31 heavy (non-hydrogen) atoms. The van der Waals surface area contributed by atoms with E-state index in [0.717, 1.165) is 25.1 Å². The molecule has 1 atom stereocenters. The molecular weight excluding hydrogens is 525 g/mol. The molecule has 0 aromatic heterocycles. The average Bonchev–Trinajstić information content (AvgIpc) is 3.19. The maximum Gasteiger partial charge on any atom is 0.240 e. The second-order valence-corrected chi connectivity index (χ2v) is 9.39. The highest BCUT2D eigenvalue weighted by molar-refractivity contribution is 14.0. The van der Waals surface area contributed by atoms with E-state index in [1.807, 2.05) is 6.92 Å². The van der Waals surface area contributed by atoms with Crippen LogP contribution in [0.2, 0.25) is 0 Å². The monoisotopic (exact) mass is 557 g/mol. The van der Waals surface area contributed by atoms with Gasteiger partial charge in [0.05, 0.1) is 4.90 Å². The van der Waals surface area contributed by atoms with Gasteiger partial charge in [0.15, 0.2) is 5.96 Å². The van der Waals surface area contributed by atoms with E-state index in [-0.39, 0.29) is 35.4 Å². The van der Waals surface area contributed by atoms with Crippen LogP contribution in [0.3, 0.4) is 0 Å². The van der Waals surface area contributed by atoms with Gasteiger partial charge in [-0.05, 0) is 44.5 Å². The van der Waals surface area contributed by atoms with Crippen molar-refractivity contribution in [3.05, 3.63) is 59.7 Å². The van der Waals surface area contributed by atoms with Gasteiger partial charge in [0.1, 0.15) is 0 Å². The topological polar surface area (TPSA) is 85.8 Å². The van der Waals surface area contributed by atoms with E-state index in [9.17, 15) is 8.42 Å². The van der Waals surface area contributed by atoms with Crippen molar-refractivity contribution in [2.45, 2.75) is 31.2 Å². The Kier molecular flexibility index (Phi) is 9.57. The van der Waals surface area contributed by atoms with Crippen molar-refractivity contribution in [1.82, 2.24) is 15.4 Å². The van der Waals surface area contributed by atoms with Crippen LogP contribution in [0.5, 0.6) is 0 Å². The molecular formula is C22H32IN5O2S. The van der Waals surface area contributed by atoms with Crippen LogP contribution < -0.4 is 20.3 Å². The molecule has 1 aliphatic rings. The summed E-state index contributed by atoms with van der Waals surface area (Å²) in [6.07, 6.45) is 1.02. The number of aryl methyl sites for hydroxylation is 2. The van der Waals surface area contributed by atoms with E-state index in [1.165, 1.54) is 11.3 Å². The van der Waals surface area contributed by atoms with Crippen LogP contribution in [0.4, 0.5) is 5.69 Å². The number of hydrogen-bond donors (Lipinski definition) is 3. The summed E-state index contributed by atoms with van der Waals surface area (Å²) in [5.41, 5.74) is 3.52. The summed E-state index contributed by atoms with van der Waals surface area (Å²) in [5, 5.41) is 6.62. The third-order valence-electron chi connectivity index (χ3n) is 5.19. The van der Waals surface area contributed by atoms with Crippen LogP contribution >= 0.6 is 24.0 Å². The maximum absolute atomic E-state index is 12.3. The first-order chi connectivity index (χ1) is 14.4. The minimum Gasteiger partial charge on any atom is -0.369 e. The number of aliphatic imine (C=N–C) groups is 1. The molecule has 170 valence electrons. The van der Waals surface area contributed by atoms with Crippen LogP contribution in [-0.2, 0) is 10.0 Å². The van der Waals surface area contributed by atoms with Gasteiger partial charge in [0.2, 0.25) is 10.0 Å². The molecule has 0 saturated carbocycles. The fourth-order valence-corrected chi connectivity index (χ4v) is 4.46. The summed E-state index contributed by atoms with van der Waals surface area (Å²) in [6.45, 7) is 6.64. The Morgan fingerprint density at radius 3 is 2.26 bits per heavy atom. The second kappa shape index (κ2) is 11.7. The Labute approximate surface area is 202 Å². The fourth-order valence-electron chi connectivity index (χ4n) is 3.42. The van der Waals surface area contributed by atoms with E-state index in [0.29, 0.717) is 18.5 Å². The van der Waals surface area contributed by atoms with Crippen LogP contribution in [0.15, 0.2) is 58.4 Å². The number of halogens is 1. The lowest BCUT2D eigenvalue weighted by molar-refractivity contribution is 0.579. The molecule has 0 aliphatic carbocycles. The van der Waals surface area contributed by atoms with Gasteiger partial charge >= 0.3 is 0 Å². The third-order valence-corrected chi connectivity index (χ3v) is 6.67. The van der Waals surface area contributed by atoms with Crippen LogP contribution in [0.1, 0.15) is 17.5 Å². The van der Waals surface area contributed by atoms with Crippen molar-refractivity contribution in [2.24, 2.45) is 4.99 Å². The van der Waals surface area contributed by atoms with Crippen LogP contribution in [0, 0.1) is 13.8 Å². The molecule has 0 amide bonds. The molecule has 3 rings (SSSR count). The Hall–Kier alpha value is -1.85. The molecule has 1 saturated heterocycles. The smallest absolute Gasteiger partial charge is 0.240 e. The lowest BCUT2D eigenvalue weighted by Gasteiger charge is -2.20. The van der Waals surface area contributed by atoms with Crippen molar-refractivity contribution in [1.29, 1.82) is 0 Å². The molecule has 0 bridgehead atoms. The number of hydrogen-bond acceptors (Lipinski definition) is 4. The van der Waals surface area contributed by atoms with Gasteiger partial charge in [-0.15, -0.1) is 24.0 Å². The highest BCUT2D eigenvalue weighted by Crippen LogP contribution is 2.20. The Morgan fingerprint density at radius 2 is 1.65 bits per heavy atom. The van der Waals surface area contributed by atoms with Crippen LogP contribution in [-0.4, -0.2) is 53.6 Å². The predicted octanol–water partition coefficient (Wildman–Crippen LogP) is 2.64. The minimum atomic E-state index is -3.50. The summed E-state index contributed by atoms with van der Waals surface area (Å²) in [6, 6.07) is 15.7. The van der Waals surface area contributed by atoms with Crippen molar-refractivity contribution < 1.29 is 8.42 Å². The normalized spacial score (nSPS) is 16.7. The van der Waals surface area contributed by atoms with Gasteiger partial charge in [-0.2, -0.15) is 0 Å². The average molecular weight is 558 g/mol. The minimum absolute atomic E-state index is 0. The van der Waals surface area contributed by atoms with E-state index in [4.69, 9.17) is 0 Å². The van der Waals surface area contributed by atoms with Crippen molar-refractivity contribution in [2.75, 3.05) is 38.1 Å². The van der Waals surface area contributed by atoms with E-state index in [2.05, 4.69) is 56.4 Å². The zero-order valence-corrected chi connectivity index (χ0v) is 21.4. The first-order valence-electron chi connectivity index (χ1n) is 10.2. The highest BCUT2D eigenvalue weighted by Gasteiger charge is 2.23. The zero-order chi connectivity index (χ0) is 21.6. The van der Waals surface area contributed by atoms with Crippen molar-refractivity contribution in [3.8, 4) is 0 Å². The van der Waals surface area contributed by atoms with Gasteiger partial charge in [-0.1, -0.05) is 35.4 Å². The lowest BCUT2D eigenvalue weighted by Crippen LogP contribution is -2.46. The molecule has 7 nitrogen and oxygen atoms in total. The van der Waals surface area contributed by atoms with Gasteiger partial charge in [-0.25, -0.2) is 13.1 Å². The SMILES string of the molecule is CN=C(NCCNS(=O)(=O)c1ccc(C)cc1)NC1CCN(c2ccc(C)cc2)C1.I. The van der Waals surface area contributed by atoms with E-state index in [1.54, 1.807) is 31.3 Å². The van der Waals surface area contributed by atoms with E-state index >= 15 is 0 Å². The Morgan fingerprint density at radius 1 is 1.03 bits per heavy atom. The van der Waals surface area contributed by atoms with Gasteiger partial charge in [-0.3, -0.25) is 4.99 Å². The van der Waals surface area contributed by atoms with Gasteiger partial charge in [0.25, 0.3) is 0 Å². The zero-order valence-electron chi connectivity index (χ0n) is 18.3. The fraction of sp³-hybridized carbons (Fsp3) is 0.409. The molecule has 2 aromatic rings. The van der Waals surface area contributed by atoms with Gasteiger partial charge < -0.3 is 15.5 Å². The first kappa shape index (κ1) is 25.4. The summed E-state index contributed by atoms with van der Waals surface area (Å²) in [4.78, 5) is 6.90. The molecule has 1 heterocycles. The number of guanidine groups is 1. The van der Waals surface area contributed by atoms with Crippen molar-refractivity contribution >= 4 is 45.6 Å². The molecule has 0 radical (unpaired) electrons. The summed E-state index contributed by atoms with van der Waals surface area (Å²) >= 11 is 0. The number of anilines is 1. The summed E-state index contributed by atoms with van der Waals surface area (Å²) in [7, 11) is -1.78. The third kappa shape index (κ3) is 7.36. The molecule has 1 fully saturated rings. The first-order valence-corrected chi connectivity index (χ1v) is 11.7. The lowest BCUT2D eigenvalue weighted by atomic mass is 10.2. The predicted molar refractivity (Wildman–Crippen MR) is 138 cm³/mol. The molecule has 0 spiro atoms. The number of sulfonamides is 1. The Bertz CT molecular complexity index is 962. The number of rotatable bonds is 7. The number of nitrogens with one attached hydrogen (secondary N) is 3. The summed E-state index contributed by atoms with van der Waals surface area (Å²) in [5.74, 6) is 0.681. The number of nitrogens with zero attached hydrogens (tertiary/aromatic N) is 2. The van der Waals surface area contributed by atoms with Crippen LogP contribution in [0.25, 0.3) is 0 Å². The Balaban J connectivity index is 0.00000341.